The van der Waals surface area contributed by atoms with E-state index in [2.05, 4.69) is 24.0 Å². The minimum Gasteiger partial charge on any atom is -0.340 e. The Hall–Kier alpha value is -1.34. The molecule has 0 aromatic heterocycles. The molecule has 1 saturated carbocycles. The van der Waals surface area contributed by atoms with E-state index in [0.29, 0.717) is 19.0 Å². The number of carbonyl (C=O) groups is 2. The molecule has 1 aromatic rings. The van der Waals surface area contributed by atoms with Crippen LogP contribution in [0.1, 0.15) is 36.4 Å². The highest BCUT2D eigenvalue weighted by Gasteiger charge is 2.53. The number of benzene rings is 1. The normalized spacial score (nSPS) is 26.5. The van der Waals surface area contributed by atoms with Crippen molar-refractivity contribution in [3.8, 4) is 0 Å². The lowest BCUT2D eigenvalue weighted by Gasteiger charge is -2.40. The van der Waals surface area contributed by atoms with Gasteiger partial charge in [0.2, 0.25) is 11.8 Å². The molecular formula is C22H34Cl2N4O2. The molecule has 0 spiro atoms. The molecule has 168 valence electrons. The Labute approximate surface area is 192 Å². The molecule has 0 radical (unpaired) electrons. The summed E-state index contributed by atoms with van der Waals surface area (Å²) in [5.74, 6) is 0.880. The van der Waals surface area contributed by atoms with E-state index in [1.54, 1.807) is 0 Å². The molecule has 4 rings (SSSR count). The smallest absolute Gasteiger partial charge is 0.242 e. The van der Waals surface area contributed by atoms with E-state index in [4.69, 9.17) is 5.73 Å². The van der Waals surface area contributed by atoms with Gasteiger partial charge in [0, 0.05) is 31.5 Å². The summed E-state index contributed by atoms with van der Waals surface area (Å²) < 4.78 is 0. The van der Waals surface area contributed by atoms with Crippen LogP contribution in [0.3, 0.4) is 0 Å². The Morgan fingerprint density at radius 3 is 2.37 bits per heavy atom. The van der Waals surface area contributed by atoms with Crippen LogP contribution >= 0.6 is 24.8 Å². The lowest BCUT2D eigenvalue weighted by molar-refractivity contribution is -0.139. The number of aryl methyl sites for hydroxylation is 1. The second-order valence-corrected chi connectivity index (χ2v) is 9.23. The molecular weight excluding hydrogens is 423 g/mol. The Kier molecular flexibility index (Phi) is 7.83. The van der Waals surface area contributed by atoms with Gasteiger partial charge in [-0.1, -0.05) is 24.3 Å². The van der Waals surface area contributed by atoms with Crippen molar-refractivity contribution >= 4 is 36.6 Å². The van der Waals surface area contributed by atoms with Gasteiger partial charge in [-0.2, -0.15) is 0 Å². The number of likely N-dealkylation sites (tertiary alicyclic amines) is 2. The van der Waals surface area contributed by atoms with Crippen molar-refractivity contribution < 1.29 is 9.59 Å². The van der Waals surface area contributed by atoms with Gasteiger partial charge in [0.25, 0.3) is 0 Å². The fourth-order valence-corrected chi connectivity index (χ4v) is 5.23. The molecule has 1 aromatic carbocycles. The summed E-state index contributed by atoms with van der Waals surface area (Å²) in [6.45, 7) is 4.66. The van der Waals surface area contributed by atoms with E-state index >= 15 is 0 Å². The third kappa shape index (κ3) is 4.33. The topological polar surface area (TPSA) is 69.9 Å². The molecule has 3 atom stereocenters. The van der Waals surface area contributed by atoms with E-state index in [1.807, 2.05) is 36.0 Å². The summed E-state index contributed by atoms with van der Waals surface area (Å²) in [5.41, 5.74) is 8.09. The molecule has 6 nitrogen and oxygen atoms in total. The molecule has 2 N–H and O–H groups in total. The third-order valence-corrected chi connectivity index (χ3v) is 6.90. The first-order valence-corrected chi connectivity index (χ1v) is 10.4. The van der Waals surface area contributed by atoms with Crippen molar-refractivity contribution in [1.29, 1.82) is 0 Å². The van der Waals surface area contributed by atoms with Gasteiger partial charge in [-0.25, -0.2) is 0 Å². The third-order valence-electron chi connectivity index (χ3n) is 6.90. The number of hydrogen-bond donors (Lipinski definition) is 1. The quantitative estimate of drug-likeness (QED) is 0.753. The van der Waals surface area contributed by atoms with Crippen molar-refractivity contribution in [3.05, 3.63) is 35.4 Å². The van der Waals surface area contributed by atoms with Crippen molar-refractivity contribution in [2.75, 3.05) is 40.3 Å². The van der Waals surface area contributed by atoms with E-state index in [0.717, 1.165) is 32.4 Å². The minimum atomic E-state index is -0.642. The monoisotopic (exact) mass is 456 g/mol. The molecule has 30 heavy (non-hydrogen) atoms. The number of amides is 2. The van der Waals surface area contributed by atoms with Crippen LogP contribution in [0, 0.1) is 18.8 Å². The van der Waals surface area contributed by atoms with E-state index in [1.165, 1.54) is 11.1 Å². The van der Waals surface area contributed by atoms with Gasteiger partial charge >= 0.3 is 0 Å². The Morgan fingerprint density at radius 2 is 1.80 bits per heavy atom. The fraction of sp³-hybridized carbons (Fsp3) is 0.636. The minimum absolute atomic E-state index is 0. The zero-order valence-electron chi connectivity index (χ0n) is 18.0. The molecule has 2 amide bonds. The fourth-order valence-electron chi connectivity index (χ4n) is 5.23. The van der Waals surface area contributed by atoms with Gasteiger partial charge in [-0.05, 0) is 51.4 Å². The second kappa shape index (κ2) is 9.43. The SMILES string of the molecule is Cc1ccccc1[C@H]1[C@@H]2CN(C(=O)C3(N)CCC3)C[C@@H]2CN1C(=O)CN(C)C.Cl.Cl. The molecule has 2 saturated heterocycles. The second-order valence-electron chi connectivity index (χ2n) is 9.23. The predicted octanol–water partition coefficient (Wildman–Crippen LogP) is 2.24. The summed E-state index contributed by atoms with van der Waals surface area (Å²) in [7, 11) is 3.86. The average molecular weight is 457 g/mol. The average Bonchev–Trinajstić information content (AvgIpc) is 3.17. The highest BCUT2D eigenvalue weighted by atomic mass is 35.5. The largest absolute Gasteiger partial charge is 0.340 e. The van der Waals surface area contributed by atoms with Crippen molar-refractivity contribution in [2.45, 2.75) is 37.8 Å². The number of fused-ring (bicyclic) bond motifs is 1. The van der Waals surface area contributed by atoms with Crippen LogP contribution in [0.25, 0.3) is 0 Å². The van der Waals surface area contributed by atoms with Crippen LogP contribution < -0.4 is 5.73 Å². The number of nitrogens with two attached hydrogens (primary N) is 1. The number of hydrogen-bond acceptors (Lipinski definition) is 4. The lowest BCUT2D eigenvalue weighted by Crippen LogP contribution is -2.59. The first-order valence-electron chi connectivity index (χ1n) is 10.4. The summed E-state index contributed by atoms with van der Waals surface area (Å²) in [6, 6.07) is 8.37. The molecule has 3 aliphatic rings. The summed E-state index contributed by atoms with van der Waals surface area (Å²) in [6.07, 6.45) is 2.64. The zero-order valence-corrected chi connectivity index (χ0v) is 19.7. The van der Waals surface area contributed by atoms with Gasteiger partial charge in [0.1, 0.15) is 0 Å². The maximum Gasteiger partial charge on any atom is 0.242 e. The number of likely N-dealkylation sites (N-methyl/N-ethyl adjacent to an activating group) is 1. The maximum atomic E-state index is 13.0. The van der Waals surface area contributed by atoms with Gasteiger partial charge in [-0.15, -0.1) is 24.8 Å². The van der Waals surface area contributed by atoms with E-state index in [-0.39, 0.29) is 48.6 Å². The van der Waals surface area contributed by atoms with Crippen molar-refractivity contribution in [1.82, 2.24) is 14.7 Å². The van der Waals surface area contributed by atoms with E-state index < -0.39 is 5.54 Å². The molecule has 0 unspecified atom stereocenters. The van der Waals surface area contributed by atoms with Crippen LogP contribution in [0.5, 0.6) is 0 Å². The van der Waals surface area contributed by atoms with Crippen LogP contribution in [-0.2, 0) is 9.59 Å². The van der Waals surface area contributed by atoms with Gasteiger partial charge in [0.05, 0.1) is 18.1 Å². The molecule has 2 heterocycles. The summed E-state index contributed by atoms with van der Waals surface area (Å²) >= 11 is 0. The zero-order chi connectivity index (χ0) is 20.1. The molecule has 1 aliphatic carbocycles. The van der Waals surface area contributed by atoms with Gasteiger partial charge in [0.15, 0.2) is 0 Å². The Bertz CT molecular complexity index is 784. The van der Waals surface area contributed by atoms with Crippen LogP contribution in [0.4, 0.5) is 0 Å². The first-order chi connectivity index (χ1) is 13.3. The molecule has 2 aliphatic heterocycles. The number of halogens is 2. The number of rotatable bonds is 4. The Balaban J connectivity index is 0.00000160. The van der Waals surface area contributed by atoms with E-state index in [9.17, 15) is 9.59 Å². The highest BCUT2D eigenvalue weighted by Crippen LogP contribution is 2.46. The number of carbonyl (C=O) groups excluding carboxylic acids is 2. The Morgan fingerprint density at radius 1 is 1.13 bits per heavy atom. The van der Waals surface area contributed by atoms with Crippen molar-refractivity contribution in [3.63, 3.8) is 0 Å². The van der Waals surface area contributed by atoms with Crippen LogP contribution in [-0.4, -0.2) is 72.3 Å². The molecule has 8 heteroatoms. The number of nitrogens with zero attached hydrogens (tertiary/aromatic N) is 3. The van der Waals surface area contributed by atoms with Gasteiger partial charge in [-0.3, -0.25) is 9.59 Å². The predicted molar refractivity (Wildman–Crippen MR) is 123 cm³/mol. The summed E-state index contributed by atoms with van der Waals surface area (Å²) in [4.78, 5) is 31.9. The van der Waals surface area contributed by atoms with Crippen molar-refractivity contribution in [2.24, 2.45) is 17.6 Å². The van der Waals surface area contributed by atoms with Gasteiger partial charge < -0.3 is 20.4 Å². The van der Waals surface area contributed by atoms with Crippen LogP contribution in [0.2, 0.25) is 0 Å². The van der Waals surface area contributed by atoms with Crippen LogP contribution in [0.15, 0.2) is 24.3 Å². The first kappa shape index (κ1) is 24.9. The molecule has 3 fully saturated rings. The highest BCUT2D eigenvalue weighted by molar-refractivity contribution is 5.87. The summed E-state index contributed by atoms with van der Waals surface area (Å²) in [5, 5.41) is 0. The maximum absolute atomic E-state index is 13.0. The standard InChI is InChI=1S/C22H32N4O2.2ClH/c1-15-7-4-5-8-17(15)20-18-13-25(21(28)22(23)9-6-10-22)11-16(18)12-26(20)19(27)14-24(2)3;;/h4-5,7-8,16,18,20H,6,9-14,23H2,1-3H3;2*1H/t16-,18-,20+;;/m1../s1. The molecule has 0 bridgehead atoms. The lowest BCUT2D eigenvalue weighted by atomic mass is 9.76.